The highest BCUT2D eigenvalue weighted by Gasteiger charge is 2.38. The third-order valence-corrected chi connectivity index (χ3v) is 6.41. The number of aromatic nitrogens is 2. The smallest absolute Gasteiger partial charge is 0.336 e. The normalized spacial score (nSPS) is 14.2. The molecule has 0 saturated heterocycles. The van der Waals surface area contributed by atoms with Crippen molar-refractivity contribution in [3.63, 3.8) is 0 Å². The van der Waals surface area contributed by atoms with Crippen molar-refractivity contribution in [2.24, 2.45) is 0 Å². The van der Waals surface area contributed by atoms with Gasteiger partial charge in [0.2, 0.25) is 0 Å². The molecule has 1 N–H and O–H groups in total. The van der Waals surface area contributed by atoms with Gasteiger partial charge in [-0.15, -0.1) is 11.3 Å². The maximum Gasteiger partial charge on any atom is 0.336 e. The van der Waals surface area contributed by atoms with E-state index in [1.165, 1.54) is 25.6 Å². The van der Waals surface area contributed by atoms with Crippen molar-refractivity contribution in [3.05, 3.63) is 82.3 Å². The first kappa shape index (κ1) is 22.4. The summed E-state index contributed by atoms with van der Waals surface area (Å²) in [4.78, 5) is 34.7. The lowest BCUT2D eigenvalue weighted by Crippen LogP contribution is -2.32. The molecular formula is C25H23N3O4S. The molecule has 1 aliphatic rings. The third-order valence-electron chi connectivity index (χ3n) is 5.53. The van der Waals surface area contributed by atoms with Crippen molar-refractivity contribution in [2.75, 3.05) is 14.2 Å². The summed E-state index contributed by atoms with van der Waals surface area (Å²) in [6, 6.07) is 11.5. The van der Waals surface area contributed by atoms with Crippen molar-refractivity contribution in [3.8, 4) is 21.8 Å². The zero-order chi connectivity index (χ0) is 23.5. The van der Waals surface area contributed by atoms with Crippen LogP contribution < -0.4 is 5.32 Å². The molecule has 3 aromatic rings. The van der Waals surface area contributed by atoms with Gasteiger partial charge < -0.3 is 14.8 Å². The Morgan fingerprint density at radius 3 is 2.24 bits per heavy atom. The van der Waals surface area contributed by atoms with Crippen LogP contribution in [0.5, 0.6) is 0 Å². The van der Waals surface area contributed by atoms with Gasteiger partial charge in [0.25, 0.3) is 0 Å². The minimum Gasteiger partial charge on any atom is -0.466 e. The monoisotopic (exact) mass is 461 g/mol. The molecule has 3 heterocycles. The van der Waals surface area contributed by atoms with E-state index in [1.807, 2.05) is 41.8 Å². The second-order valence-electron chi connectivity index (χ2n) is 7.49. The summed E-state index contributed by atoms with van der Waals surface area (Å²) in [6.07, 6.45) is 3.48. The van der Waals surface area contributed by atoms with Gasteiger partial charge in [0.15, 0.2) is 0 Å². The third kappa shape index (κ3) is 4.17. The van der Waals surface area contributed by atoms with Crippen LogP contribution in [0, 0.1) is 0 Å². The van der Waals surface area contributed by atoms with Gasteiger partial charge in [0.1, 0.15) is 5.01 Å². The predicted octanol–water partition coefficient (Wildman–Crippen LogP) is 4.45. The molecule has 0 saturated carbocycles. The summed E-state index contributed by atoms with van der Waals surface area (Å²) in [5, 5.41) is 5.87. The van der Waals surface area contributed by atoms with Crippen LogP contribution in [0.25, 0.3) is 21.8 Å². The fraction of sp³-hybridized carbons (Fsp3) is 0.200. The van der Waals surface area contributed by atoms with Crippen LogP contribution in [0.15, 0.2) is 76.7 Å². The number of allylic oxidation sites excluding steroid dienone is 2. The molecule has 1 aromatic carbocycles. The van der Waals surface area contributed by atoms with Crippen LogP contribution in [0.2, 0.25) is 0 Å². The number of thiazole rings is 1. The molecule has 8 heteroatoms. The first-order chi connectivity index (χ1) is 16.0. The highest BCUT2D eigenvalue weighted by Crippen LogP contribution is 2.43. The van der Waals surface area contributed by atoms with Gasteiger partial charge in [-0.3, -0.25) is 4.98 Å². The molecule has 7 nitrogen and oxygen atoms in total. The van der Waals surface area contributed by atoms with E-state index in [0.717, 1.165) is 27.4 Å². The summed E-state index contributed by atoms with van der Waals surface area (Å²) in [7, 11) is 2.66. The van der Waals surface area contributed by atoms with Crippen LogP contribution in [-0.2, 0) is 19.1 Å². The number of ether oxygens (including phenoxy) is 2. The van der Waals surface area contributed by atoms with E-state index >= 15 is 0 Å². The van der Waals surface area contributed by atoms with Gasteiger partial charge in [0.05, 0.1) is 37.0 Å². The second kappa shape index (κ2) is 9.38. The van der Waals surface area contributed by atoms with Crippen LogP contribution >= 0.6 is 11.3 Å². The topological polar surface area (TPSA) is 90.4 Å². The van der Waals surface area contributed by atoms with Gasteiger partial charge in [-0.1, -0.05) is 24.3 Å². The molecular weight excluding hydrogens is 438 g/mol. The van der Waals surface area contributed by atoms with Crippen molar-refractivity contribution in [1.29, 1.82) is 0 Å². The van der Waals surface area contributed by atoms with Gasteiger partial charge in [-0.05, 0) is 31.5 Å². The van der Waals surface area contributed by atoms with Crippen molar-refractivity contribution in [1.82, 2.24) is 15.3 Å². The highest BCUT2D eigenvalue weighted by atomic mass is 32.1. The van der Waals surface area contributed by atoms with E-state index in [-0.39, 0.29) is 0 Å². The average molecular weight is 462 g/mol. The maximum atomic E-state index is 12.8. The molecule has 0 atom stereocenters. The number of carbonyl (C=O) groups excluding carboxylic acids is 2. The molecule has 0 unspecified atom stereocenters. The first-order valence-corrected chi connectivity index (χ1v) is 11.1. The lowest BCUT2D eigenvalue weighted by Gasteiger charge is -2.31. The van der Waals surface area contributed by atoms with Gasteiger partial charge >= 0.3 is 11.9 Å². The minimum atomic E-state index is -0.673. The number of hydrogen-bond donors (Lipinski definition) is 1. The van der Waals surface area contributed by atoms with Crippen molar-refractivity contribution in [2.45, 2.75) is 19.8 Å². The number of nitrogens with zero attached hydrogens (tertiary/aromatic N) is 2. The fourth-order valence-corrected chi connectivity index (χ4v) is 4.93. The van der Waals surface area contributed by atoms with E-state index in [9.17, 15) is 9.59 Å². The lowest BCUT2D eigenvalue weighted by atomic mass is 9.78. The van der Waals surface area contributed by atoms with E-state index < -0.39 is 17.9 Å². The number of nitrogens with one attached hydrogen (secondary N) is 1. The molecule has 0 amide bonds. The number of carbonyl (C=O) groups is 2. The highest BCUT2D eigenvalue weighted by molar-refractivity contribution is 7.13. The average Bonchev–Trinajstić information content (AvgIpc) is 3.33. The molecule has 0 spiro atoms. The largest absolute Gasteiger partial charge is 0.466 e. The van der Waals surface area contributed by atoms with Gasteiger partial charge in [-0.25, -0.2) is 14.6 Å². The second-order valence-corrected chi connectivity index (χ2v) is 8.34. The van der Waals surface area contributed by atoms with Crippen LogP contribution in [0.4, 0.5) is 0 Å². The Labute approximate surface area is 195 Å². The Bertz CT molecular complexity index is 1240. The minimum absolute atomic E-state index is 0.361. The molecule has 0 bridgehead atoms. The molecule has 1 aliphatic heterocycles. The molecule has 4 rings (SSSR count). The molecule has 168 valence electrons. The summed E-state index contributed by atoms with van der Waals surface area (Å²) >= 11 is 1.49. The zero-order valence-electron chi connectivity index (χ0n) is 18.7. The Morgan fingerprint density at radius 2 is 1.64 bits per heavy atom. The molecule has 33 heavy (non-hydrogen) atoms. The Balaban J connectivity index is 1.90. The lowest BCUT2D eigenvalue weighted by molar-refractivity contribution is -0.137. The predicted molar refractivity (Wildman–Crippen MR) is 126 cm³/mol. The Morgan fingerprint density at radius 1 is 0.970 bits per heavy atom. The molecule has 0 aliphatic carbocycles. The standard InChI is InChI=1S/C25H23N3O4S/c1-14-20(24(29)31-3)22(21(15(2)27-14)25(30)32-4)17-9-5-6-10-18(17)23-28-19(13-33-23)16-8-7-11-26-12-16/h5-13,22,27H,1-4H3. The zero-order valence-corrected chi connectivity index (χ0v) is 19.5. The van der Waals surface area contributed by atoms with Crippen molar-refractivity contribution < 1.29 is 19.1 Å². The quantitative estimate of drug-likeness (QED) is 0.561. The van der Waals surface area contributed by atoms with Crippen LogP contribution in [-0.4, -0.2) is 36.1 Å². The van der Waals surface area contributed by atoms with Gasteiger partial charge in [-0.2, -0.15) is 0 Å². The first-order valence-electron chi connectivity index (χ1n) is 10.3. The molecule has 2 aromatic heterocycles. The van der Waals surface area contributed by atoms with E-state index in [0.29, 0.717) is 22.5 Å². The number of rotatable bonds is 5. The summed E-state index contributed by atoms with van der Waals surface area (Å²) in [5.74, 6) is -1.69. The SMILES string of the molecule is COC(=O)C1=C(C)NC(C)=C(C(=O)OC)C1c1ccccc1-c1nc(-c2cccnc2)cs1. The maximum absolute atomic E-state index is 12.8. The number of hydrogen-bond acceptors (Lipinski definition) is 8. The van der Waals surface area contributed by atoms with Gasteiger partial charge in [0, 0.05) is 40.3 Å². The summed E-state index contributed by atoms with van der Waals surface area (Å²) < 4.78 is 10.2. The number of pyridine rings is 1. The number of esters is 2. The van der Waals surface area contributed by atoms with Crippen LogP contribution in [0.1, 0.15) is 25.3 Å². The van der Waals surface area contributed by atoms with E-state index in [4.69, 9.17) is 14.5 Å². The molecule has 0 fully saturated rings. The summed E-state index contributed by atoms with van der Waals surface area (Å²) in [6.45, 7) is 3.59. The van der Waals surface area contributed by atoms with Crippen LogP contribution in [0.3, 0.4) is 0 Å². The Hall–Kier alpha value is -3.78. The number of methoxy groups -OCH3 is 2. The van der Waals surface area contributed by atoms with Crippen molar-refractivity contribution >= 4 is 23.3 Å². The summed E-state index contributed by atoms with van der Waals surface area (Å²) in [5.41, 5.74) is 5.29. The Kier molecular flexibility index (Phi) is 6.37. The van der Waals surface area contributed by atoms with E-state index in [2.05, 4.69) is 10.3 Å². The fourth-order valence-electron chi connectivity index (χ4n) is 4.05. The number of benzene rings is 1. The van der Waals surface area contributed by atoms with E-state index in [1.54, 1.807) is 26.2 Å². The number of dihydropyridines is 1. The molecule has 0 radical (unpaired) electrons.